The van der Waals surface area contributed by atoms with Crippen LogP contribution in [0.1, 0.15) is 29.9 Å². The van der Waals surface area contributed by atoms with Gasteiger partial charge in [0.2, 0.25) is 5.95 Å². The van der Waals surface area contributed by atoms with E-state index in [9.17, 15) is 0 Å². The first-order valence-electron chi connectivity index (χ1n) is 8.30. The van der Waals surface area contributed by atoms with Gasteiger partial charge in [-0.15, -0.1) is 0 Å². The van der Waals surface area contributed by atoms with E-state index in [1.807, 2.05) is 6.07 Å². The van der Waals surface area contributed by atoms with Crippen molar-refractivity contribution in [3.05, 3.63) is 47.7 Å². The van der Waals surface area contributed by atoms with Gasteiger partial charge in [0.15, 0.2) is 0 Å². The molecule has 1 aliphatic heterocycles. The van der Waals surface area contributed by atoms with Gasteiger partial charge in [-0.2, -0.15) is 10.2 Å². The summed E-state index contributed by atoms with van der Waals surface area (Å²) in [4.78, 5) is 10.7. The second-order valence-corrected chi connectivity index (χ2v) is 6.08. The van der Waals surface area contributed by atoms with Gasteiger partial charge in [-0.1, -0.05) is 30.3 Å². The van der Waals surface area contributed by atoms with Gasteiger partial charge in [0.25, 0.3) is 0 Å². The number of nitrogen functional groups attached to an aromatic ring is 1. The minimum Gasteiger partial charge on any atom is -0.382 e. The van der Waals surface area contributed by atoms with Crippen LogP contribution in [0.4, 0.5) is 11.8 Å². The summed E-state index contributed by atoms with van der Waals surface area (Å²) in [7, 11) is 0. The quantitative estimate of drug-likeness (QED) is 0.877. The van der Waals surface area contributed by atoms with Crippen molar-refractivity contribution in [2.24, 2.45) is 0 Å². The monoisotopic (exact) mass is 322 g/mol. The van der Waals surface area contributed by atoms with E-state index in [1.54, 1.807) is 0 Å². The van der Waals surface area contributed by atoms with E-state index >= 15 is 0 Å². The molecule has 0 bridgehead atoms. The van der Waals surface area contributed by atoms with Crippen LogP contribution in [0.2, 0.25) is 0 Å². The molecular formula is C18H22N6. The van der Waals surface area contributed by atoms with Crippen molar-refractivity contribution < 1.29 is 0 Å². The van der Waals surface area contributed by atoms with Crippen LogP contribution >= 0.6 is 0 Å². The Bertz CT molecular complexity index is 709. The van der Waals surface area contributed by atoms with E-state index in [0.29, 0.717) is 17.4 Å². The lowest BCUT2D eigenvalue weighted by Gasteiger charge is -2.33. The lowest BCUT2D eigenvalue weighted by molar-refractivity contribution is 0.215. The summed E-state index contributed by atoms with van der Waals surface area (Å²) < 4.78 is 0. The van der Waals surface area contributed by atoms with E-state index in [-0.39, 0.29) is 5.82 Å². The molecule has 1 fully saturated rings. The summed E-state index contributed by atoms with van der Waals surface area (Å²) in [5.41, 5.74) is 7.44. The maximum absolute atomic E-state index is 8.84. The van der Waals surface area contributed by atoms with Crippen molar-refractivity contribution in [3.8, 4) is 6.07 Å². The van der Waals surface area contributed by atoms with Crippen molar-refractivity contribution in [1.29, 1.82) is 5.26 Å². The zero-order chi connectivity index (χ0) is 16.8. The SMILES string of the molecule is N#Cc1cnc(NCCN2CCCC(c3ccccc3)C2)nc1N. The Labute approximate surface area is 142 Å². The molecule has 3 N–H and O–H groups in total. The molecule has 0 aliphatic carbocycles. The second kappa shape index (κ2) is 7.75. The van der Waals surface area contributed by atoms with Crippen molar-refractivity contribution in [1.82, 2.24) is 14.9 Å². The molecule has 6 nitrogen and oxygen atoms in total. The molecule has 0 saturated carbocycles. The number of nitrogens with zero attached hydrogens (tertiary/aromatic N) is 4. The highest BCUT2D eigenvalue weighted by molar-refractivity contribution is 5.49. The second-order valence-electron chi connectivity index (χ2n) is 6.08. The van der Waals surface area contributed by atoms with Crippen molar-refractivity contribution in [2.75, 3.05) is 37.2 Å². The van der Waals surface area contributed by atoms with Crippen molar-refractivity contribution in [2.45, 2.75) is 18.8 Å². The maximum atomic E-state index is 8.84. The van der Waals surface area contributed by atoms with E-state index in [2.05, 4.69) is 50.5 Å². The molecule has 24 heavy (non-hydrogen) atoms. The van der Waals surface area contributed by atoms with Crippen LogP contribution in [0.3, 0.4) is 0 Å². The molecule has 0 radical (unpaired) electrons. The summed E-state index contributed by atoms with van der Waals surface area (Å²) in [6.45, 7) is 3.91. The highest BCUT2D eigenvalue weighted by Gasteiger charge is 2.20. The summed E-state index contributed by atoms with van der Waals surface area (Å²) in [6, 6.07) is 12.7. The summed E-state index contributed by atoms with van der Waals surface area (Å²) in [5, 5.41) is 12.0. The predicted molar refractivity (Wildman–Crippen MR) is 94.5 cm³/mol. The molecule has 2 aromatic rings. The van der Waals surface area contributed by atoms with Gasteiger partial charge >= 0.3 is 0 Å². The molecule has 1 aromatic carbocycles. The van der Waals surface area contributed by atoms with E-state index in [0.717, 1.165) is 26.2 Å². The molecule has 6 heteroatoms. The first kappa shape index (κ1) is 16.2. The molecular weight excluding hydrogens is 300 g/mol. The highest BCUT2D eigenvalue weighted by Crippen LogP contribution is 2.26. The molecule has 0 spiro atoms. The van der Waals surface area contributed by atoms with Gasteiger partial charge in [-0.3, -0.25) is 0 Å². The van der Waals surface area contributed by atoms with Gasteiger partial charge < -0.3 is 16.0 Å². The molecule has 1 unspecified atom stereocenters. The molecule has 0 amide bonds. The largest absolute Gasteiger partial charge is 0.382 e. The number of hydrogen-bond donors (Lipinski definition) is 2. The Morgan fingerprint density at radius 3 is 2.92 bits per heavy atom. The fourth-order valence-corrected chi connectivity index (χ4v) is 3.15. The molecule has 1 saturated heterocycles. The topological polar surface area (TPSA) is 90.9 Å². The third kappa shape index (κ3) is 4.00. The van der Waals surface area contributed by atoms with Crippen molar-refractivity contribution >= 4 is 11.8 Å². The maximum Gasteiger partial charge on any atom is 0.224 e. The normalized spacial score (nSPS) is 18.0. The average molecular weight is 322 g/mol. The minimum absolute atomic E-state index is 0.220. The van der Waals surface area contributed by atoms with Gasteiger partial charge in [0.1, 0.15) is 17.5 Å². The Kier molecular flexibility index (Phi) is 5.24. The van der Waals surface area contributed by atoms with Gasteiger partial charge in [0.05, 0.1) is 6.20 Å². The zero-order valence-corrected chi connectivity index (χ0v) is 13.7. The minimum atomic E-state index is 0.220. The summed E-state index contributed by atoms with van der Waals surface area (Å²) in [5.74, 6) is 1.31. The fourth-order valence-electron chi connectivity index (χ4n) is 3.15. The third-order valence-electron chi connectivity index (χ3n) is 4.43. The van der Waals surface area contributed by atoms with Crippen LogP contribution in [0.15, 0.2) is 36.5 Å². The van der Waals surface area contributed by atoms with E-state index in [4.69, 9.17) is 11.0 Å². The summed E-state index contributed by atoms with van der Waals surface area (Å²) in [6.07, 6.45) is 3.93. The van der Waals surface area contributed by atoms with Crippen LogP contribution in [0.25, 0.3) is 0 Å². The lowest BCUT2D eigenvalue weighted by atomic mass is 9.91. The molecule has 124 valence electrons. The number of nitriles is 1. The number of likely N-dealkylation sites (tertiary alicyclic amines) is 1. The fraction of sp³-hybridized carbons (Fsp3) is 0.389. The average Bonchev–Trinajstić information content (AvgIpc) is 2.63. The Balaban J connectivity index is 1.50. The Morgan fingerprint density at radius 2 is 2.17 bits per heavy atom. The number of piperidine rings is 1. The molecule has 2 heterocycles. The first-order valence-corrected chi connectivity index (χ1v) is 8.30. The van der Waals surface area contributed by atoms with Crippen LogP contribution < -0.4 is 11.1 Å². The number of aromatic nitrogens is 2. The molecule has 1 aromatic heterocycles. The number of nitrogens with two attached hydrogens (primary N) is 1. The molecule has 1 aliphatic rings. The van der Waals surface area contributed by atoms with E-state index in [1.165, 1.54) is 24.6 Å². The van der Waals surface area contributed by atoms with Crippen molar-refractivity contribution in [3.63, 3.8) is 0 Å². The standard InChI is InChI=1S/C18H22N6/c19-11-16-12-22-18(23-17(16)20)21-8-10-24-9-4-7-15(13-24)14-5-2-1-3-6-14/h1-3,5-6,12,15H,4,7-10,13H2,(H3,20,21,22,23). The number of hydrogen-bond acceptors (Lipinski definition) is 6. The van der Waals surface area contributed by atoms with Crippen LogP contribution in [0.5, 0.6) is 0 Å². The molecule has 3 rings (SSSR count). The smallest absolute Gasteiger partial charge is 0.224 e. The van der Waals surface area contributed by atoms with Crippen LogP contribution in [0, 0.1) is 11.3 Å². The number of nitrogens with one attached hydrogen (secondary N) is 1. The number of benzene rings is 1. The first-order chi connectivity index (χ1) is 11.8. The predicted octanol–water partition coefficient (Wildman–Crippen LogP) is 2.22. The zero-order valence-electron chi connectivity index (χ0n) is 13.7. The van der Waals surface area contributed by atoms with Gasteiger partial charge in [-0.05, 0) is 30.9 Å². The van der Waals surface area contributed by atoms with Gasteiger partial charge in [-0.25, -0.2) is 4.98 Å². The third-order valence-corrected chi connectivity index (χ3v) is 4.43. The van der Waals surface area contributed by atoms with Crippen LogP contribution in [-0.2, 0) is 0 Å². The van der Waals surface area contributed by atoms with Gasteiger partial charge in [0, 0.05) is 19.6 Å². The molecule has 1 atom stereocenters. The van der Waals surface area contributed by atoms with Crippen LogP contribution in [-0.4, -0.2) is 41.0 Å². The number of anilines is 2. The Morgan fingerprint density at radius 1 is 1.33 bits per heavy atom. The Hall–Kier alpha value is -2.65. The lowest BCUT2D eigenvalue weighted by Crippen LogP contribution is -2.37. The highest BCUT2D eigenvalue weighted by atomic mass is 15.2. The van der Waals surface area contributed by atoms with E-state index < -0.39 is 0 Å². The summed E-state index contributed by atoms with van der Waals surface area (Å²) >= 11 is 0. The number of rotatable bonds is 5.